The van der Waals surface area contributed by atoms with Gasteiger partial charge in [0.1, 0.15) is 0 Å². The summed E-state index contributed by atoms with van der Waals surface area (Å²) in [6.07, 6.45) is 2.65. The van der Waals surface area contributed by atoms with Crippen LogP contribution in [0.15, 0.2) is 49.3 Å². The molecule has 1 aromatic rings. The van der Waals surface area contributed by atoms with Crippen LogP contribution in [0.5, 0.6) is 0 Å². The van der Waals surface area contributed by atoms with Crippen molar-refractivity contribution in [3.63, 3.8) is 0 Å². The lowest BCUT2D eigenvalue weighted by molar-refractivity contribution is 0.0809. The highest BCUT2D eigenvalue weighted by Crippen LogP contribution is 2.40. The normalized spacial score (nSPS) is 19.9. The zero-order valence-electron chi connectivity index (χ0n) is 14.8. The summed E-state index contributed by atoms with van der Waals surface area (Å²) in [5.41, 5.74) is 5.09. The minimum Gasteiger partial charge on any atom is -0.384 e. The average Bonchev–Trinajstić information content (AvgIpc) is 2.84. The highest BCUT2D eigenvalue weighted by molar-refractivity contribution is 6.11. The topological polar surface area (TPSA) is 56.4 Å². The number of hydrogen-bond acceptors (Lipinski definition) is 4. The van der Waals surface area contributed by atoms with Crippen LogP contribution in [-0.4, -0.2) is 37.0 Å². The van der Waals surface area contributed by atoms with Gasteiger partial charge in [-0.3, -0.25) is 9.69 Å². The number of rotatable bonds is 6. The molecule has 0 spiro atoms. The second kappa shape index (κ2) is 7.15. The van der Waals surface area contributed by atoms with Crippen LogP contribution in [-0.2, 0) is 0 Å². The first-order valence-electron chi connectivity index (χ1n) is 8.72. The van der Waals surface area contributed by atoms with Crippen LogP contribution in [0.25, 0.3) is 5.70 Å². The van der Waals surface area contributed by atoms with Crippen molar-refractivity contribution in [3.8, 4) is 0 Å². The Morgan fingerprint density at radius 3 is 2.80 bits per heavy atom. The zero-order chi connectivity index (χ0) is 18.0. The molecule has 5 heteroatoms. The molecule has 1 fully saturated rings. The van der Waals surface area contributed by atoms with Crippen LogP contribution < -0.4 is 16.0 Å². The fraction of sp³-hybridized carbons (Fsp3) is 0.350. The molecule has 5 nitrogen and oxygen atoms in total. The first-order chi connectivity index (χ1) is 12.0. The molecule has 132 valence electrons. The van der Waals surface area contributed by atoms with Gasteiger partial charge in [-0.1, -0.05) is 25.8 Å². The molecule has 0 radical (unpaired) electrons. The van der Waals surface area contributed by atoms with Crippen molar-refractivity contribution < 1.29 is 4.79 Å². The smallest absolute Gasteiger partial charge is 0.259 e. The third-order valence-corrected chi connectivity index (χ3v) is 4.78. The van der Waals surface area contributed by atoms with Crippen LogP contribution in [0.4, 0.5) is 5.69 Å². The standard InChI is InChI=1S/C20H26N4O/c1-13-9-10-18(14(2)23-13)24-15(3)19-16(20(24)25)7-5-8-17(19)22-12-6-11-21-4/h5,7-8,18,21-23H,1-3,6,9-12H2,4H3. The number of carbonyl (C=O) groups excluding carboxylic acids is 1. The predicted molar refractivity (Wildman–Crippen MR) is 103 cm³/mol. The quantitative estimate of drug-likeness (QED) is 0.698. The van der Waals surface area contributed by atoms with E-state index < -0.39 is 0 Å². The maximum atomic E-state index is 13.0. The lowest BCUT2D eigenvalue weighted by Crippen LogP contribution is -2.42. The summed E-state index contributed by atoms with van der Waals surface area (Å²) in [4.78, 5) is 14.8. The number of benzene rings is 1. The zero-order valence-corrected chi connectivity index (χ0v) is 14.8. The molecule has 0 saturated carbocycles. The summed E-state index contributed by atoms with van der Waals surface area (Å²) >= 11 is 0. The Morgan fingerprint density at radius 1 is 1.28 bits per heavy atom. The SMILES string of the molecule is C=C1CCC(N2C(=C)c3c(NCCCNC)cccc3C2=O)C(=C)N1. The van der Waals surface area contributed by atoms with Gasteiger partial charge < -0.3 is 16.0 Å². The van der Waals surface area contributed by atoms with E-state index in [4.69, 9.17) is 0 Å². The number of anilines is 1. The maximum absolute atomic E-state index is 13.0. The van der Waals surface area contributed by atoms with Crippen molar-refractivity contribution in [2.45, 2.75) is 25.3 Å². The first kappa shape index (κ1) is 17.3. The molecular weight excluding hydrogens is 312 g/mol. The Kier molecular flexibility index (Phi) is 4.95. The number of allylic oxidation sites excluding steroid dienone is 1. The van der Waals surface area contributed by atoms with Gasteiger partial charge in [0.25, 0.3) is 5.91 Å². The van der Waals surface area contributed by atoms with Crippen LogP contribution in [0, 0.1) is 0 Å². The number of nitrogens with zero attached hydrogens (tertiary/aromatic N) is 1. The van der Waals surface area contributed by atoms with Crippen LogP contribution in [0.1, 0.15) is 35.2 Å². The minimum absolute atomic E-state index is 0.000614. The predicted octanol–water partition coefficient (Wildman–Crippen LogP) is 2.91. The summed E-state index contributed by atoms with van der Waals surface area (Å²) in [7, 11) is 1.94. The second-order valence-corrected chi connectivity index (χ2v) is 6.54. The van der Waals surface area contributed by atoms with Gasteiger partial charge in [0.2, 0.25) is 0 Å². The molecule has 2 aliphatic rings. The summed E-state index contributed by atoms with van der Waals surface area (Å²) in [5, 5.41) is 9.77. The molecule has 1 saturated heterocycles. The van der Waals surface area contributed by atoms with Crippen LogP contribution in [0.3, 0.4) is 0 Å². The van der Waals surface area contributed by atoms with E-state index in [0.29, 0.717) is 5.56 Å². The second-order valence-electron chi connectivity index (χ2n) is 6.54. The molecule has 2 heterocycles. The molecular formula is C20H26N4O. The van der Waals surface area contributed by atoms with Gasteiger partial charge in [0.15, 0.2) is 0 Å². The Labute approximate surface area is 149 Å². The number of nitrogens with one attached hydrogen (secondary N) is 3. The largest absolute Gasteiger partial charge is 0.384 e. The van der Waals surface area contributed by atoms with Crippen molar-refractivity contribution in [3.05, 3.63) is 60.5 Å². The molecule has 25 heavy (non-hydrogen) atoms. The Balaban J connectivity index is 1.84. The van der Waals surface area contributed by atoms with Crippen molar-refractivity contribution >= 4 is 17.3 Å². The van der Waals surface area contributed by atoms with E-state index in [1.54, 1.807) is 4.90 Å². The molecule has 0 aromatic heterocycles. The van der Waals surface area contributed by atoms with Gasteiger partial charge in [-0.15, -0.1) is 0 Å². The fourth-order valence-electron chi connectivity index (χ4n) is 3.52. The molecule has 1 atom stereocenters. The summed E-state index contributed by atoms with van der Waals surface area (Å²) in [5.74, 6) is -0.000614. The number of fused-ring (bicyclic) bond motifs is 1. The van der Waals surface area contributed by atoms with Crippen molar-refractivity contribution in [2.75, 3.05) is 25.5 Å². The monoisotopic (exact) mass is 338 g/mol. The molecule has 3 N–H and O–H groups in total. The summed E-state index contributed by atoms with van der Waals surface area (Å²) in [6.45, 7) is 14.1. The van der Waals surface area contributed by atoms with E-state index in [1.807, 2.05) is 25.2 Å². The molecule has 3 rings (SSSR count). The molecule has 0 bridgehead atoms. The van der Waals surface area contributed by atoms with Crippen molar-refractivity contribution in [1.29, 1.82) is 0 Å². The molecule has 2 aliphatic heterocycles. The van der Waals surface area contributed by atoms with E-state index in [9.17, 15) is 4.79 Å². The van der Waals surface area contributed by atoms with Gasteiger partial charge >= 0.3 is 0 Å². The lowest BCUT2D eigenvalue weighted by atomic mass is 10.0. The van der Waals surface area contributed by atoms with E-state index in [1.165, 1.54) is 0 Å². The Hall–Kier alpha value is -2.53. The molecule has 0 aliphatic carbocycles. The molecule has 1 unspecified atom stereocenters. The molecule has 1 amide bonds. The highest BCUT2D eigenvalue weighted by Gasteiger charge is 2.39. The van der Waals surface area contributed by atoms with Crippen molar-refractivity contribution in [2.24, 2.45) is 0 Å². The summed E-state index contributed by atoms with van der Waals surface area (Å²) in [6, 6.07) is 5.72. The van der Waals surface area contributed by atoms with E-state index >= 15 is 0 Å². The number of carbonyl (C=O) groups is 1. The third kappa shape index (κ3) is 3.20. The van der Waals surface area contributed by atoms with Crippen LogP contribution >= 0.6 is 0 Å². The number of amides is 1. The molecule has 1 aromatic carbocycles. The fourth-order valence-corrected chi connectivity index (χ4v) is 3.52. The van der Waals surface area contributed by atoms with Gasteiger partial charge in [-0.05, 0) is 45.0 Å². The van der Waals surface area contributed by atoms with Gasteiger partial charge in [-0.2, -0.15) is 0 Å². The van der Waals surface area contributed by atoms with Crippen molar-refractivity contribution in [1.82, 2.24) is 15.5 Å². The number of hydrogen-bond donors (Lipinski definition) is 3. The Morgan fingerprint density at radius 2 is 2.08 bits per heavy atom. The number of piperidine rings is 1. The summed E-state index contributed by atoms with van der Waals surface area (Å²) < 4.78 is 0. The van der Waals surface area contributed by atoms with Gasteiger partial charge in [0.05, 0.1) is 11.6 Å². The first-order valence-corrected chi connectivity index (χ1v) is 8.72. The Bertz CT molecular complexity index is 737. The lowest BCUT2D eigenvalue weighted by Gasteiger charge is -2.35. The van der Waals surface area contributed by atoms with Crippen LogP contribution in [0.2, 0.25) is 0 Å². The van der Waals surface area contributed by atoms with E-state index in [0.717, 1.165) is 60.7 Å². The van der Waals surface area contributed by atoms with Gasteiger partial charge in [0, 0.05) is 34.9 Å². The minimum atomic E-state index is -0.0879. The van der Waals surface area contributed by atoms with E-state index in [-0.39, 0.29) is 11.9 Å². The van der Waals surface area contributed by atoms with E-state index in [2.05, 4.69) is 35.7 Å². The highest BCUT2D eigenvalue weighted by atomic mass is 16.2. The average molecular weight is 338 g/mol. The maximum Gasteiger partial charge on any atom is 0.259 e. The third-order valence-electron chi connectivity index (χ3n) is 4.78. The van der Waals surface area contributed by atoms with Gasteiger partial charge in [-0.25, -0.2) is 0 Å².